The molecule has 4 heteroatoms. The molecule has 2 rings (SSSR count). The van der Waals surface area contributed by atoms with Gasteiger partial charge in [-0.25, -0.2) is 0 Å². The summed E-state index contributed by atoms with van der Waals surface area (Å²) in [5.41, 5.74) is 1.54. The standard InChI is InChI=1S/C17H21NO3/c1-11(2)21-16-7-5-14(6-8-16)13(4)18-12(3)9-15(19)10-17(18)20/h5-11,13,19H,1-4H3. The van der Waals surface area contributed by atoms with E-state index < -0.39 is 0 Å². The maximum atomic E-state index is 12.1. The smallest absolute Gasteiger partial charge is 0.254 e. The van der Waals surface area contributed by atoms with Crippen LogP contribution >= 0.6 is 0 Å². The van der Waals surface area contributed by atoms with Gasteiger partial charge in [0.05, 0.1) is 12.1 Å². The second-order valence-electron chi connectivity index (χ2n) is 5.47. The first kappa shape index (κ1) is 15.2. The first-order chi connectivity index (χ1) is 9.88. The normalized spacial score (nSPS) is 12.4. The summed E-state index contributed by atoms with van der Waals surface area (Å²) < 4.78 is 7.28. The lowest BCUT2D eigenvalue weighted by molar-refractivity contribution is 0.242. The van der Waals surface area contributed by atoms with Crippen LogP contribution in [0.2, 0.25) is 0 Å². The summed E-state index contributed by atoms with van der Waals surface area (Å²) in [6.45, 7) is 7.74. The van der Waals surface area contributed by atoms with Crippen molar-refractivity contribution < 1.29 is 9.84 Å². The fraction of sp³-hybridized carbons (Fsp3) is 0.353. The number of pyridine rings is 1. The molecule has 4 nitrogen and oxygen atoms in total. The van der Waals surface area contributed by atoms with Gasteiger partial charge in [-0.2, -0.15) is 0 Å². The third kappa shape index (κ3) is 3.45. The van der Waals surface area contributed by atoms with Gasteiger partial charge in [0.15, 0.2) is 0 Å². The van der Waals surface area contributed by atoms with E-state index in [1.165, 1.54) is 6.07 Å². The van der Waals surface area contributed by atoms with E-state index in [9.17, 15) is 9.90 Å². The molecule has 1 atom stereocenters. The van der Waals surface area contributed by atoms with Gasteiger partial charge in [-0.15, -0.1) is 0 Å². The lowest BCUT2D eigenvalue weighted by Crippen LogP contribution is -2.25. The van der Waals surface area contributed by atoms with Crippen LogP contribution in [0.25, 0.3) is 0 Å². The number of benzene rings is 1. The first-order valence-corrected chi connectivity index (χ1v) is 7.07. The molecule has 1 aromatic heterocycles. The fourth-order valence-corrected chi connectivity index (χ4v) is 2.44. The highest BCUT2D eigenvalue weighted by Gasteiger charge is 2.13. The zero-order valence-electron chi connectivity index (χ0n) is 12.8. The van der Waals surface area contributed by atoms with Crippen molar-refractivity contribution in [3.63, 3.8) is 0 Å². The third-order valence-electron chi connectivity index (χ3n) is 3.37. The Balaban J connectivity index is 2.32. The Morgan fingerprint density at radius 1 is 1.10 bits per heavy atom. The minimum Gasteiger partial charge on any atom is -0.508 e. The second-order valence-corrected chi connectivity index (χ2v) is 5.47. The molecule has 2 aromatic rings. The van der Waals surface area contributed by atoms with Gasteiger partial charge < -0.3 is 14.4 Å². The number of aromatic hydroxyl groups is 1. The summed E-state index contributed by atoms with van der Waals surface area (Å²) in [5, 5.41) is 9.46. The molecule has 1 aromatic carbocycles. The molecule has 0 saturated heterocycles. The van der Waals surface area contributed by atoms with Crippen molar-refractivity contribution in [3.8, 4) is 11.5 Å². The van der Waals surface area contributed by atoms with E-state index in [4.69, 9.17) is 4.74 Å². The minimum atomic E-state index is -0.206. The average Bonchev–Trinajstić information content (AvgIpc) is 2.37. The number of hydrogen-bond acceptors (Lipinski definition) is 3. The molecule has 0 spiro atoms. The number of nitrogens with zero attached hydrogens (tertiary/aromatic N) is 1. The largest absolute Gasteiger partial charge is 0.508 e. The number of hydrogen-bond donors (Lipinski definition) is 1. The average molecular weight is 287 g/mol. The molecule has 0 amide bonds. The summed E-state index contributed by atoms with van der Waals surface area (Å²) in [4.78, 5) is 12.1. The van der Waals surface area contributed by atoms with Crippen LogP contribution < -0.4 is 10.3 Å². The summed E-state index contributed by atoms with van der Waals surface area (Å²) >= 11 is 0. The molecule has 21 heavy (non-hydrogen) atoms. The van der Waals surface area contributed by atoms with Crippen LogP contribution in [0.1, 0.15) is 38.1 Å². The molecular formula is C17H21NO3. The zero-order chi connectivity index (χ0) is 15.6. The molecule has 1 unspecified atom stereocenters. The lowest BCUT2D eigenvalue weighted by Gasteiger charge is -2.19. The fourth-order valence-electron chi connectivity index (χ4n) is 2.44. The van der Waals surface area contributed by atoms with E-state index >= 15 is 0 Å². The van der Waals surface area contributed by atoms with Crippen LogP contribution in [0.5, 0.6) is 11.5 Å². The van der Waals surface area contributed by atoms with Crippen LogP contribution in [0, 0.1) is 6.92 Å². The topological polar surface area (TPSA) is 51.5 Å². The van der Waals surface area contributed by atoms with Crippen molar-refractivity contribution in [2.24, 2.45) is 0 Å². The van der Waals surface area contributed by atoms with E-state index in [1.54, 1.807) is 10.6 Å². The SMILES string of the molecule is Cc1cc(O)cc(=O)n1C(C)c1ccc(OC(C)C)cc1. The van der Waals surface area contributed by atoms with Gasteiger partial charge in [-0.3, -0.25) is 4.79 Å². The molecule has 1 N–H and O–H groups in total. The second kappa shape index (κ2) is 6.04. The van der Waals surface area contributed by atoms with Crippen molar-refractivity contribution in [3.05, 3.63) is 58.0 Å². The molecule has 0 radical (unpaired) electrons. The van der Waals surface area contributed by atoms with Crippen LogP contribution in [-0.4, -0.2) is 15.8 Å². The first-order valence-electron chi connectivity index (χ1n) is 7.07. The molecular weight excluding hydrogens is 266 g/mol. The number of aromatic nitrogens is 1. The van der Waals surface area contributed by atoms with Gasteiger partial charge in [-0.05, 0) is 51.5 Å². The van der Waals surface area contributed by atoms with E-state index in [2.05, 4.69) is 0 Å². The summed E-state index contributed by atoms with van der Waals surface area (Å²) in [7, 11) is 0. The molecule has 0 aliphatic heterocycles. The van der Waals surface area contributed by atoms with Gasteiger partial charge >= 0.3 is 0 Å². The molecule has 0 saturated carbocycles. The van der Waals surface area contributed by atoms with Crippen LogP contribution in [0.3, 0.4) is 0 Å². The van der Waals surface area contributed by atoms with E-state index in [0.29, 0.717) is 0 Å². The Morgan fingerprint density at radius 3 is 2.24 bits per heavy atom. The minimum absolute atomic E-state index is 0.00151. The monoisotopic (exact) mass is 287 g/mol. The molecule has 1 heterocycles. The zero-order valence-corrected chi connectivity index (χ0v) is 12.8. The van der Waals surface area contributed by atoms with Gasteiger partial charge in [0.2, 0.25) is 0 Å². The lowest BCUT2D eigenvalue weighted by atomic mass is 10.1. The maximum Gasteiger partial charge on any atom is 0.254 e. The summed E-state index contributed by atoms with van der Waals surface area (Å²) in [6, 6.07) is 10.5. The van der Waals surface area contributed by atoms with Crippen molar-refractivity contribution in [2.45, 2.75) is 39.8 Å². The van der Waals surface area contributed by atoms with E-state index in [-0.39, 0.29) is 23.5 Å². The Kier molecular flexibility index (Phi) is 4.36. The van der Waals surface area contributed by atoms with Gasteiger partial charge in [0, 0.05) is 11.8 Å². The van der Waals surface area contributed by atoms with Gasteiger partial charge in [0.25, 0.3) is 5.56 Å². The van der Waals surface area contributed by atoms with Crippen LogP contribution in [-0.2, 0) is 0 Å². The number of aryl methyl sites for hydroxylation is 1. The molecule has 0 bridgehead atoms. The number of ether oxygens (including phenoxy) is 1. The predicted octanol–water partition coefficient (Wildman–Crippen LogP) is 3.26. The maximum absolute atomic E-state index is 12.1. The Hall–Kier alpha value is -2.23. The number of rotatable bonds is 4. The molecule has 0 fully saturated rings. The Morgan fingerprint density at radius 2 is 1.71 bits per heavy atom. The highest BCUT2D eigenvalue weighted by Crippen LogP contribution is 2.22. The molecule has 0 aliphatic rings. The highest BCUT2D eigenvalue weighted by molar-refractivity contribution is 5.31. The molecule has 0 aliphatic carbocycles. The quantitative estimate of drug-likeness (QED) is 0.939. The summed E-state index contributed by atoms with van der Waals surface area (Å²) in [6.07, 6.45) is 0.134. The van der Waals surface area contributed by atoms with Crippen molar-refractivity contribution in [1.82, 2.24) is 4.57 Å². The predicted molar refractivity (Wildman–Crippen MR) is 83.1 cm³/mol. The Bertz CT molecular complexity index is 671. The third-order valence-corrected chi connectivity index (χ3v) is 3.37. The highest BCUT2D eigenvalue weighted by atomic mass is 16.5. The van der Waals surface area contributed by atoms with Gasteiger partial charge in [-0.1, -0.05) is 12.1 Å². The van der Waals surface area contributed by atoms with Gasteiger partial charge in [0.1, 0.15) is 11.5 Å². The van der Waals surface area contributed by atoms with Crippen LogP contribution in [0.15, 0.2) is 41.2 Å². The van der Waals surface area contributed by atoms with E-state index in [1.807, 2.05) is 52.0 Å². The van der Waals surface area contributed by atoms with Crippen molar-refractivity contribution in [1.29, 1.82) is 0 Å². The molecule has 112 valence electrons. The van der Waals surface area contributed by atoms with Crippen molar-refractivity contribution in [2.75, 3.05) is 0 Å². The summed E-state index contributed by atoms with van der Waals surface area (Å²) in [5.74, 6) is 0.817. The Labute approximate surface area is 124 Å². The van der Waals surface area contributed by atoms with Crippen molar-refractivity contribution >= 4 is 0 Å². The van der Waals surface area contributed by atoms with Crippen LogP contribution in [0.4, 0.5) is 0 Å². The van der Waals surface area contributed by atoms with E-state index in [0.717, 1.165) is 17.0 Å².